The summed E-state index contributed by atoms with van der Waals surface area (Å²) in [5.74, 6) is 0. The van der Waals surface area contributed by atoms with Gasteiger partial charge >= 0.3 is 0 Å². The topological polar surface area (TPSA) is 77.8 Å². The lowest BCUT2D eigenvalue weighted by atomic mass is 10.0. The van der Waals surface area contributed by atoms with E-state index in [0.717, 1.165) is 16.9 Å². The number of anilines is 1. The Morgan fingerprint density at radius 2 is 2.06 bits per heavy atom. The molecule has 2 aromatic rings. The van der Waals surface area contributed by atoms with Gasteiger partial charge in [0, 0.05) is 24.3 Å². The minimum absolute atomic E-state index is 0.146. The van der Waals surface area contributed by atoms with Gasteiger partial charge in [-0.3, -0.25) is 9.97 Å². The Morgan fingerprint density at radius 3 is 2.75 bits per heavy atom. The van der Waals surface area contributed by atoms with Gasteiger partial charge in [-0.15, -0.1) is 0 Å². The van der Waals surface area contributed by atoms with Gasteiger partial charge in [-0.05, 0) is 30.2 Å². The summed E-state index contributed by atoms with van der Waals surface area (Å²) in [5, 5.41) is 0. The third kappa shape index (κ3) is 2.35. The molecule has 0 aliphatic rings. The van der Waals surface area contributed by atoms with Crippen molar-refractivity contribution in [2.75, 3.05) is 5.73 Å². The van der Waals surface area contributed by atoms with Crippen LogP contribution in [0.2, 0.25) is 0 Å². The van der Waals surface area contributed by atoms with Gasteiger partial charge in [0.1, 0.15) is 0 Å². The summed E-state index contributed by atoms with van der Waals surface area (Å²) in [4.78, 5) is 8.25. The van der Waals surface area contributed by atoms with Crippen LogP contribution in [0, 0.1) is 0 Å². The molecule has 4 N–H and O–H groups in total. The summed E-state index contributed by atoms with van der Waals surface area (Å²) < 4.78 is 0. The van der Waals surface area contributed by atoms with Gasteiger partial charge in [0.15, 0.2) is 0 Å². The molecule has 2 rings (SSSR count). The first-order valence-corrected chi connectivity index (χ1v) is 5.12. The molecule has 4 nitrogen and oxygen atoms in total. The molecule has 2 heterocycles. The summed E-state index contributed by atoms with van der Waals surface area (Å²) in [7, 11) is 0. The molecule has 4 heteroatoms. The number of pyridine rings is 2. The monoisotopic (exact) mass is 214 g/mol. The molecule has 0 aromatic carbocycles. The highest BCUT2D eigenvalue weighted by molar-refractivity contribution is 5.44. The van der Waals surface area contributed by atoms with Gasteiger partial charge in [-0.1, -0.05) is 6.07 Å². The standard InChI is InChI=1S/C12H14N4/c13-10-4-6-15-8-9(10)7-11(14)12-3-1-2-5-16-12/h1-6,8,11H,7,14H2,(H2,13,15). The lowest BCUT2D eigenvalue weighted by molar-refractivity contribution is 0.696. The Labute approximate surface area is 94.3 Å². The van der Waals surface area contributed by atoms with E-state index in [1.807, 2.05) is 18.2 Å². The largest absolute Gasteiger partial charge is 0.398 e. The van der Waals surface area contributed by atoms with E-state index >= 15 is 0 Å². The van der Waals surface area contributed by atoms with E-state index in [1.54, 1.807) is 24.7 Å². The van der Waals surface area contributed by atoms with Gasteiger partial charge in [0.05, 0.1) is 11.7 Å². The Bertz CT molecular complexity index is 456. The second-order valence-corrected chi connectivity index (χ2v) is 3.64. The highest BCUT2D eigenvalue weighted by atomic mass is 14.8. The second kappa shape index (κ2) is 4.72. The number of rotatable bonds is 3. The molecular weight excluding hydrogens is 200 g/mol. The first-order chi connectivity index (χ1) is 7.77. The molecule has 0 saturated carbocycles. The first-order valence-electron chi connectivity index (χ1n) is 5.12. The van der Waals surface area contributed by atoms with Crippen LogP contribution in [0.4, 0.5) is 5.69 Å². The van der Waals surface area contributed by atoms with Crippen LogP contribution in [0.5, 0.6) is 0 Å². The van der Waals surface area contributed by atoms with E-state index in [9.17, 15) is 0 Å². The minimum Gasteiger partial charge on any atom is -0.398 e. The van der Waals surface area contributed by atoms with Crippen LogP contribution in [-0.4, -0.2) is 9.97 Å². The van der Waals surface area contributed by atoms with Crippen LogP contribution in [0.3, 0.4) is 0 Å². The molecule has 0 aliphatic heterocycles. The third-order valence-electron chi connectivity index (χ3n) is 2.45. The van der Waals surface area contributed by atoms with Crippen LogP contribution in [0.1, 0.15) is 17.3 Å². The van der Waals surface area contributed by atoms with Crippen molar-refractivity contribution < 1.29 is 0 Å². The molecule has 82 valence electrons. The summed E-state index contributed by atoms with van der Waals surface area (Å²) >= 11 is 0. The number of hydrogen-bond acceptors (Lipinski definition) is 4. The van der Waals surface area contributed by atoms with E-state index in [1.165, 1.54) is 0 Å². The third-order valence-corrected chi connectivity index (χ3v) is 2.45. The number of hydrogen-bond donors (Lipinski definition) is 2. The molecular formula is C12H14N4. The van der Waals surface area contributed by atoms with Crippen molar-refractivity contribution >= 4 is 5.69 Å². The molecule has 0 bridgehead atoms. The highest BCUT2D eigenvalue weighted by Gasteiger charge is 2.09. The molecule has 0 amide bonds. The summed E-state index contributed by atoms with van der Waals surface area (Å²) in [6.07, 6.45) is 5.81. The average Bonchev–Trinajstić information content (AvgIpc) is 2.33. The Balaban J connectivity index is 2.14. The molecule has 0 saturated heterocycles. The Morgan fingerprint density at radius 1 is 1.19 bits per heavy atom. The lowest BCUT2D eigenvalue weighted by Gasteiger charge is -2.11. The van der Waals surface area contributed by atoms with Crippen LogP contribution in [-0.2, 0) is 6.42 Å². The van der Waals surface area contributed by atoms with Crippen molar-refractivity contribution in [1.82, 2.24) is 9.97 Å². The van der Waals surface area contributed by atoms with Gasteiger partial charge in [-0.2, -0.15) is 0 Å². The average molecular weight is 214 g/mol. The van der Waals surface area contributed by atoms with E-state index in [0.29, 0.717) is 6.42 Å². The van der Waals surface area contributed by atoms with Crippen LogP contribution < -0.4 is 11.5 Å². The molecule has 2 aromatic heterocycles. The van der Waals surface area contributed by atoms with Gasteiger partial charge in [-0.25, -0.2) is 0 Å². The Kier molecular flexibility index (Phi) is 3.12. The van der Waals surface area contributed by atoms with Crippen LogP contribution >= 0.6 is 0 Å². The zero-order valence-electron chi connectivity index (χ0n) is 8.88. The number of aromatic nitrogens is 2. The lowest BCUT2D eigenvalue weighted by Crippen LogP contribution is -2.15. The molecule has 0 fully saturated rings. The molecule has 1 unspecified atom stereocenters. The normalized spacial score (nSPS) is 12.3. The quantitative estimate of drug-likeness (QED) is 0.807. The molecule has 0 radical (unpaired) electrons. The van der Waals surface area contributed by atoms with Gasteiger partial charge in [0.2, 0.25) is 0 Å². The van der Waals surface area contributed by atoms with E-state index in [2.05, 4.69) is 9.97 Å². The van der Waals surface area contributed by atoms with Crippen molar-refractivity contribution in [2.24, 2.45) is 5.73 Å². The number of nitrogen functional groups attached to an aromatic ring is 1. The zero-order chi connectivity index (χ0) is 11.4. The maximum atomic E-state index is 6.05. The van der Waals surface area contributed by atoms with Gasteiger partial charge < -0.3 is 11.5 Å². The summed E-state index contributed by atoms with van der Waals surface area (Å²) in [6, 6.07) is 7.34. The summed E-state index contributed by atoms with van der Waals surface area (Å²) in [6.45, 7) is 0. The molecule has 0 spiro atoms. The van der Waals surface area contributed by atoms with Crippen molar-refractivity contribution in [3.8, 4) is 0 Å². The van der Waals surface area contributed by atoms with Crippen molar-refractivity contribution in [3.05, 3.63) is 54.1 Å². The zero-order valence-corrected chi connectivity index (χ0v) is 8.88. The van der Waals surface area contributed by atoms with E-state index in [4.69, 9.17) is 11.5 Å². The highest BCUT2D eigenvalue weighted by Crippen LogP contribution is 2.17. The van der Waals surface area contributed by atoms with Crippen molar-refractivity contribution in [1.29, 1.82) is 0 Å². The smallest absolute Gasteiger partial charge is 0.0574 e. The maximum absolute atomic E-state index is 6.05. The Hall–Kier alpha value is -1.94. The molecule has 0 aliphatic carbocycles. The fourth-order valence-corrected chi connectivity index (χ4v) is 1.55. The van der Waals surface area contributed by atoms with E-state index < -0.39 is 0 Å². The number of nitrogens with zero attached hydrogens (tertiary/aromatic N) is 2. The van der Waals surface area contributed by atoms with Crippen LogP contribution in [0.25, 0.3) is 0 Å². The van der Waals surface area contributed by atoms with Gasteiger partial charge in [0.25, 0.3) is 0 Å². The molecule has 16 heavy (non-hydrogen) atoms. The van der Waals surface area contributed by atoms with Crippen molar-refractivity contribution in [2.45, 2.75) is 12.5 Å². The summed E-state index contributed by atoms with van der Waals surface area (Å²) in [5.41, 5.74) is 14.4. The fraction of sp³-hybridized carbons (Fsp3) is 0.167. The predicted octanol–water partition coefficient (Wildman–Crippen LogP) is 1.30. The molecule has 1 atom stereocenters. The minimum atomic E-state index is -0.146. The van der Waals surface area contributed by atoms with Crippen LogP contribution in [0.15, 0.2) is 42.9 Å². The fourth-order valence-electron chi connectivity index (χ4n) is 1.55. The maximum Gasteiger partial charge on any atom is 0.0574 e. The second-order valence-electron chi connectivity index (χ2n) is 3.64. The van der Waals surface area contributed by atoms with Crippen molar-refractivity contribution in [3.63, 3.8) is 0 Å². The van der Waals surface area contributed by atoms with E-state index in [-0.39, 0.29) is 6.04 Å². The predicted molar refractivity (Wildman–Crippen MR) is 63.5 cm³/mol. The number of nitrogens with two attached hydrogens (primary N) is 2. The SMILES string of the molecule is Nc1ccncc1CC(N)c1ccccn1. The first kappa shape index (κ1) is 10.6.